The van der Waals surface area contributed by atoms with Gasteiger partial charge in [0.1, 0.15) is 23.5 Å². The first kappa shape index (κ1) is 16.7. The van der Waals surface area contributed by atoms with Crippen molar-refractivity contribution in [3.8, 4) is 17.9 Å². The maximum Gasteiger partial charge on any atom is 0.347 e. The predicted molar refractivity (Wildman–Crippen MR) is 80.1 cm³/mol. The van der Waals surface area contributed by atoms with Gasteiger partial charge in [-0.1, -0.05) is 6.07 Å². The van der Waals surface area contributed by atoms with E-state index in [-0.39, 0.29) is 5.57 Å². The molecule has 0 N–H and O–H groups in total. The van der Waals surface area contributed by atoms with Crippen molar-refractivity contribution >= 4 is 28.0 Å². The topological polar surface area (TPSA) is 83.1 Å². The van der Waals surface area contributed by atoms with Gasteiger partial charge in [-0.2, -0.15) is 10.5 Å². The number of hydrogen-bond donors (Lipinski definition) is 0. The summed E-state index contributed by atoms with van der Waals surface area (Å²) in [5, 5.41) is 17.4. The van der Waals surface area contributed by atoms with Gasteiger partial charge in [-0.15, -0.1) is 0 Å². The highest BCUT2D eigenvalue weighted by Gasteiger charge is 2.17. The van der Waals surface area contributed by atoms with E-state index < -0.39 is 12.1 Å². The standard InChI is InChI=1S/C15H13BrN2O3/c1-3-20-15(19)10(2)21-14-5-4-11(7-13(14)16)6-12(8-17)9-18/h4-7,10H,3H2,1-2H3/t10-/m0/s1. The van der Waals surface area contributed by atoms with Crippen LogP contribution in [0.25, 0.3) is 6.08 Å². The van der Waals surface area contributed by atoms with E-state index in [2.05, 4.69) is 15.9 Å². The van der Waals surface area contributed by atoms with Crippen molar-refractivity contribution in [1.82, 2.24) is 0 Å². The Morgan fingerprint density at radius 1 is 1.43 bits per heavy atom. The fraction of sp³-hybridized carbons (Fsp3) is 0.267. The zero-order chi connectivity index (χ0) is 15.8. The molecule has 0 aliphatic heterocycles. The fourth-order valence-corrected chi connectivity index (χ4v) is 1.95. The lowest BCUT2D eigenvalue weighted by Crippen LogP contribution is -2.26. The number of allylic oxidation sites excluding steroid dienone is 1. The summed E-state index contributed by atoms with van der Waals surface area (Å²) < 4.78 is 11.0. The first-order valence-corrected chi connectivity index (χ1v) is 6.95. The van der Waals surface area contributed by atoms with Gasteiger partial charge in [-0.05, 0) is 53.5 Å². The van der Waals surface area contributed by atoms with Crippen LogP contribution in [0.5, 0.6) is 5.75 Å². The van der Waals surface area contributed by atoms with Crippen molar-refractivity contribution in [2.24, 2.45) is 0 Å². The normalized spacial score (nSPS) is 10.7. The molecular formula is C15H13BrN2O3. The fourth-order valence-electron chi connectivity index (χ4n) is 1.46. The van der Waals surface area contributed by atoms with E-state index in [0.29, 0.717) is 22.4 Å². The van der Waals surface area contributed by atoms with Gasteiger partial charge < -0.3 is 9.47 Å². The average molecular weight is 349 g/mol. The highest BCUT2D eigenvalue weighted by atomic mass is 79.9. The van der Waals surface area contributed by atoms with Crippen molar-refractivity contribution in [2.45, 2.75) is 20.0 Å². The van der Waals surface area contributed by atoms with E-state index in [1.165, 1.54) is 6.08 Å². The number of benzene rings is 1. The maximum absolute atomic E-state index is 11.5. The van der Waals surface area contributed by atoms with Gasteiger partial charge in [0.25, 0.3) is 0 Å². The van der Waals surface area contributed by atoms with Gasteiger partial charge in [0.15, 0.2) is 6.10 Å². The zero-order valence-electron chi connectivity index (χ0n) is 11.6. The second-order valence-corrected chi connectivity index (χ2v) is 4.84. The zero-order valence-corrected chi connectivity index (χ0v) is 13.2. The van der Waals surface area contributed by atoms with Crippen molar-refractivity contribution in [1.29, 1.82) is 10.5 Å². The molecule has 0 fully saturated rings. The summed E-state index contributed by atoms with van der Waals surface area (Å²) in [5.74, 6) is 0.0350. The molecule has 6 heteroatoms. The second kappa shape index (κ2) is 8.08. The van der Waals surface area contributed by atoms with Crippen molar-refractivity contribution in [3.05, 3.63) is 33.8 Å². The Morgan fingerprint density at radius 3 is 2.62 bits per heavy atom. The molecule has 21 heavy (non-hydrogen) atoms. The van der Waals surface area contributed by atoms with Crippen LogP contribution >= 0.6 is 15.9 Å². The first-order chi connectivity index (χ1) is 10.0. The van der Waals surface area contributed by atoms with Crippen LogP contribution in [0.15, 0.2) is 28.2 Å². The Morgan fingerprint density at radius 2 is 2.10 bits per heavy atom. The molecule has 0 amide bonds. The third-order valence-electron chi connectivity index (χ3n) is 2.43. The number of carbonyl (C=O) groups is 1. The monoisotopic (exact) mass is 348 g/mol. The third kappa shape index (κ3) is 4.94. The Kier molecular flexibility index (Phi) is 6.45. The highest BCUT2D eigenvalue weighted by Crippen LogP contribution is 2.28. The van der Waals surface area contributed by atoms with Crippen molar-refractivity contribution in [2.75, 3.05) is 6.61 Å². The minimum atomic E-state index is -0.726. The van der Waals surface area contributed by atoms with Gasteiger partial charge in [-0.25, -0.2) is 4.79 Å². The molecule has 0 aliphatic carbocycles. The summed E-state index contributed by atoms with van der Waals surface area (Å²) in [6.45, 7) is 3.62. The van der Waals surface area contributed by atoms with Gasteiger partial charge in [0, 0.05) is 0 Å². The summed E-state index contributed by atoms with van der Waals surface area (Å²) in [6.07, 6.45) is 0.736. The summed E-state index contributed by atoms with van der Waals surface area (Å²) >= 11 is 3.33. The number of hydrogen-bond acceptors (Lipinski definition) is 5. The Bertz CT molecular complexity index is 625. The van der Waals surface area contributed by atoms with Crippen LogP contribution in [0.2, 0.25) is 0 Å². The molecule has 1 aromatic rings. The molecule has 0 radical (unpaired) electrons. The Labute approximate surface area is 131 Å². The first-order valence-electron chi connectivity index (χ1n) is 6.16. The molecule has 0 saturated carbocycles. The van der Waals surface area contributed by atoms with E-state index in [1.807, 2.05) is 0 Å². The lowest BCUT2D eigenvalue weighted by Gasteiger charge is -2.14. The lowest BCUT2D eigenvalue weighted by atomic mass is 10.1. The van der Waals surface area contributed by atoms with E-state index in [1.54, 1.807) is 44.2 Å². The molecule has 0 bridgehead atoms. The van der Waals surface area contributed by atoms with Crippen LogP contribution in [-0.2, 0) is 9.53 Å². The number of esters is 1. The highest BCUT2D eigenvalue weighted by molar-refractivity contribution is 9.10. The summed E-state index contributed by atoms with van der Waals surface area (Å²) in [7, 11) is 0. The molecule has 0 heterocycles. The molecule has 1 rings (SSSR count). The van der Waals surface area contributed by atoms with E-state index in [4.69, 9.17) is 20.0 Å². The van der Waals surface area contributed by atoms with E-state index in [9.17, 15) is 4.79 Å². The van der Waals surface area contributed by atoms with Crippen molar-refractivity contribution < 1.29 is 14.3 Å². The maximum atomic E-state index is 11.5. The molecule has 0 spiro atoms. The van der Waals surface area contributed by atoms with Crippen LogP contribution in [0.3, 0.4) is 0 Å². The number of carbonyl (C=O) groups excluding carboxylic acids is 1. The average Bonchev–Trinajstić information content (AvgIpc) is 2.47. The number of nitriles is 2. The molecule has 5 nitrogen and oxygen atoms in total. The summed E-state index contributed by atoms with van der Waals surface area (Å²) in [6, 6.07) is 8.61. The van der Waals surface area contributed by atoms with Gasteiger partial charge >= 0.3 is 5.97 Å². The van der Waals surface area contributed by atoms with Crippen LogP contribution in [0.1, 0.15) is 19.4 Å². The second-order valence-electron chi connectivity index (χ2n) is 3.98. The molecule has 1 atom stereocenters. The van der Waals surface area contributed by atoms with Gasteiger partial charge in [0.05, 0.1) is 11.1 Å². The molecule has 0 aliphatic rings. The number of nitrogens with zero attached hydrogens (tertiary/aromatic N) is 2. The number of rotatable bonds is 5. The number of halogens is 1. The van der Waals surface area contributed by atoms with E-state index in [0.717, 1.165) is 0 Å². The Balaban J connectivity index is 2.90. The smallest absolute Gasteiger partial charge is 0.347 e. The predicted octanol–water partition coefficient (Wildman–Crippen LogP) is 3.21. The Hall–Kier alpha value is -2.31. The molecule has 0 unspecified atom stereocenters. The van der Waals surface area contributed by atoms with Gasteiger partial charge in [0.2, 0.25) is 0 Å². The van der Waals surface area contributed by atoms with Crippen LogP contribution in [0.4, 0.5) is 0 Å². The van der Waals surface area contributed by atoms with Crippen LogP contribution in [0, 0.1) is 22.7 Å². The SMILES string of the molecule is CCOC(=O)[C@H](C)Oc1ccc(C=C(C#N)C#N)cc1Br. The quantitative estimate of drug-likeness (QED) is 0.602. The van der Waals surface area contributed by atoms with Gasteiger partial charge in [-0.3, -0.25) is 0 Å². The third-order valence-corrected chi connectivity index (χ3v) is 3.05. The molecule has 0 aromatic heterocycles. The minimum absolute atomic E-state index is 0.00969. The lowest BCUT2D eigenvalue weighted by molar-refractivity contribution is -0.150. The van der Waals surface area contributed by atoms with E-state index >= 15 is 0 Å². The largest absolute Gasteiger partial charge is 0.478 e. The minimum Gasteiger partial charge on any atom is -0.478 e. The van der Waals surface area contributed by atoms with Crippen LogP contribution < -0.4 is 4.74 Å². The molecule has 108 valence electrons. The van der Waals surface area contributed by atoms with Crippen LogP contribution in [-0.4, -0.2) is 18.7 Å². The molecule has 1 aromatic carbocycles. The summed E-state index contributed by atoms with van der Waals surface area (Å²) in [5.41, 5.74) is 0.687. The molecule has 0 saturated heterocycles. The van der Waals surface area contributed by atoms with Crippen molar-refractivity contribution in [3.63, 3.8) is 0 Å². The summed E-state index contributed by atoms with van der Waals surface area (Å²) in [4.78, 5) is 11.5. The molecular weight excluding hydrogens is 336 g/mol. The number of ether oxygens (including phenoxy) is 2.